The van der Waals surface area contributed by atoms with E-state index in [9.17, 15) is 13.2 Å². The molecule has 19 heavy (non-hydrogen) atoms. The smallest absolute Gasteiger partial charge is 0.336 e. The van der Waals surface area contributed by atoms with Crippen molar-refractivity contribution in [3.05, 3.63) is 0 Å². The van der Waals surface area contributed by atoms with Crippen LogP contribution in [-0.2, 0) is 24.1 Å². The quantitative estimate of drug-likeness (QED) is 0.683. The van der Waals surface area contributed by atoms with Crippen LogP contribution in [0.2, 0.25) is 0 Å². The minimum Gasteiger partial charge on any atom is -0.467 e. The first-order chi connectivity index (χ1) is 8.67. The number of carbonyl (C=O) groups is 1. The Morgan fingerprint density at radius 1 is 1.42 bits per heavy atom. The second kappa shape index (κ2) is 6.19. The van der Waals surface area contributed by atoms with Gasteiger partial charge in [-0.1, -0.05) is 0 Å². The average Bonchev–Trinajstić information content (AvgIpc) is 2.34. The summed E-state index contributed by atoms with van der Waals surface area (Å²) in [6.45, 7) is 6.92. The molecule has 0 aromatic rings. The molecule has 0 spiro atoms. The molecule has 0 saturated carbocycles. The fourth-order valence-corrected chi connectivity index (χ4v) is 2.85. The van der Waals surface area contributed by atoms with Gasteiger partial charge >= 0.3 is 5.97 Å². The molecule has 1 heterocycles. The van der Waals surface area contributed by atoms with Crippen LogP contribution < -0.4 is 0 Å². The molecular formula is C12H23NO5S. The van der Waals surface area contributed by atoms with Crippen molar-refractivity contribution in [3.63, 3.8) is 0 Å². The number of sulfone groups is 1. The molecule has 1 aliphatic rings. The maximum Gasteiger partial charge on any atom is 0.336 e. The molecule has 0 radical (unpaired) electrons. The van der Waals surface area contributed by atoms with Crippen molar-refractivity contribution in [1.82, 2.24) is 4.90 Å². The van der Waals surface area contributed by atoms with Crippen LogP contribution >= 0.6 is 0 Å². The van der Waals surface area contributed by atoms with Gasteiger partial charge in [0.25, 0.3) is 0 Å². The van der Waals surface area contributed by atoms with Crippen molar-refractivity contribution in [2.24, 2.45) is 0 Å². The second-order valence-corrected chi connectivity index (χ2v) is 8.48. The van der Waals surface area contributed by atoms with Crippen LogP contribution in [0.3, 0.4) is 0 Å². The molecule has 112 valence electrons. The summed E-state index contributed by atoms with van der Waals surface area (Å²) in [6, 6.07) is 0. The minimum atomic E-state index is -3.14. The van der Waals surface area contributed by atoms with E-state index in [2.05, 4.69) is 4.74 Å². The molecule has 0 amide bonds. The van der Waals surface area contributed by atoms with Gasteiger partial charge in [-0.05, 0) is 20.8 Å². The van der Waals surface area contributed by atoms with Gasteiger partial charge in [-0.25, -0.2) is 13.2 Å². The number of morpholine rings is 1. The highest BCUT2D eigenvalue weighted by molar-refractivity contribution is 7.92. The molecule has 1 fully saturated rings. The first kappa shape index (κ1) is 16.4. The maximum absolute atomic E-state index is 12.0. The van der Waals surface area contributed by atoms with E-state index < -0.39 is 26.7 Å². The van der Waals surface area contributed by atoms with Gasteiger partial charge < -0.3 is 9.47 Å². The second-order valence-electron chi connectivity index (χ2n) is 5.61. The molecule has 0 aromatic heterocycles. The van der Waals surface area contributed by atoms with Crippen LogP contribution in [-0.4, -0.2) is 69.2 Å². The van der Waals surface area contributed by atoms with Crippen LogP contribution in [0.4, 0.5) is 0 Å². The molecule has 7 heteroatoms. The molecule has 0 N–H and O–H groups in total. The molecule has 1 atom stereocenters. The van der Waals surface area contributed by atoms with Gasteiger partial charge in [-0.15, -0.1) is 0 Å². The standard InChI is InChI=1S/C12H23NO5S/c1-12(2,3)19(15,16)8-6-13-5-7-18-10(9-13)11(14)17-4/h10H,5-9H2,1-4H3. The Bertz CT molecular complexity index is 412. The van der Waals surface area contributed by atoms with Crippen molar-refractivity contribution in [1.29, 1.82) is 0 Å². The summed E-state index contributed by atoms with van der Waals surface area (Å²) in [4.78, 5) is 13.3. The summed E-state index contributed by atoms with van der Waals surface area (Å²) >= 11 is 0. The fourth-order valence-electron chi connectivity index (χ4n) is 1.74. The number of hydrogen-bond donors (Lipinski definition) is 0. The average molecular weight is 293 g/mol. The SMILES string of the molecule is COC(=O)C1CN(CCS(=O)(=O)C(C)(C)C)CCO1. The number of hydrogen-bond acceptors (Lipinski definition) is 6. The topological polar surface area (TPSA) is 72.9 Å². The lowest BCUT2D eigenvalue weighted by molar-refractivity contribution is -0.159. The summed E-state index contributed by atoms with van der Waals surface area (Å²) < 4.78 is 33.2. The lowest BCUT2D eigenvalue weighted by Gasteiger charge is -2.32. The van der Waals surface area contributed by atoms with E-state index in [0.717, 1.165) is 0 Å². The Kier molecular flexibility index (Phi) is 5.34. The summed E-state index contributed by atoms with van der Waals surface area (Å²) in [7, 11) is -1.82. The number of rotatable bonds is 4. The highest BCUT2D eigenvalue weighted by Crippen LogP contribution is 2.16. The van der Waals surface area contributed by atoms with Crippen molar-refractivity contribution >= 4 is 15.8 Å². The minimum absolute atomic E-state index is 0.0877. The Labute approximate surface area is 115 Å². The van der Waals surface area contributed by atoms with Gasteiger partial charge in [0.2, 0.25) is 0 Å². The zero-order valence-electron chi connectivity index (χ0n) is 12.0. The number of methoxy groups -OCH3 is 1. The predicted octanol–water partition coefficient (Wildman–Crippen LogP) is 0.0735. The van der Waals surface area contributed by atoms with Crippen LogP contribution in [0.1, 0.15) is 20.8 Å². The van der Waals surface area contributed by atoms with Gasteiger partial charge in [-0.2, -0.15) is 0 Å². The number of nitrogens with zero attached hydrogens (tertiary/aromatic N) is 1. The predicted molar refractivity (Wildman–Crippen MR) is 71.7 cm³/mol. The van der Waals surface area contributed by atoms with E-state index >= 15 is 0 Å². The van der Waals surface area contributed by atoms with E-state index in [1.165, 1.54) is 7.11 Å². The number of carbonyl (C=O) groups excluding carboxylic acids is 1. The van der Waals surface area contributed by atoms with Crippen LogP contribution in [0.15, 0.2) is 0 Å². The molecule has 0 aliphatic carbocycles. The Hall–Kier alpha value is -0.660. The van der Waals surface area contributed by atoms with E-state index in [1.54, 1.807) is 20.8 Å². The third-order valence-corrected chi connectivity index (χ3v) is 5.81. The molecule has 1 rings (SSSR count). The van der Waals surface area contributed by atoms with E-state index in [1.807, 2.05) is 4.90 Å². The summed E-state index contributed by atoms with van der Waals surface area (Å²) in [5.41, 5.74) is 0. The van der Waals surface area contributed by atoms with Crippen molar-refractivity contribution in [2.75, 3.05) is 39.1 Å². The largest absolute Gasteiger partial charge is 0.467 e. The van der Waals surface area contributed by atoms with E-state index in [-0.39, 0.29) is 5.75 Å². The first-order valence-corrected chi connectivity index (χ1v) is 7.96. The van der Waals surface area contributed by atoms with Gasteiger partial charge in [0.15, 0.2) is 15.9 Å². The Morgan fingerprint density at radius 2 is 2.05 bits per heavy atom. The number of ether oxygens (including phenoxy) is 2. The van der Waals surface area contributed by atoms with E-state index in [0.29, 0.717) is 26.2 Å². The fraction of sp³-hybridized carbons (Fsp3) is 0.917. The Morgan fingerprint density at radius 3 is 2.58 bits per heavy atom. The van der Waals surface area contributed by atoms with Gasteiger partial charge in [0, 0.05) is 19.6 Å². The van der Waals surface area contributed by atoms with Gasteiger partial charge in [0.05, 0.1) is 24.2 Å². The third kappa shape index (κ3) is 4.43. The molecule has 0 bridgehead atoms. The number of esters is 1. The molecule has 1 saturated heterocycles. The van der Waals surface area contributed by atoms with Gasteiger partial charge in [0.1, 0.15) is 0 Å². The van der Waals surface area contributed by atoms with Crippen molar-refractivity contribution in [2.45, 2.75) is 31.6 Å². The zero-order valence-corrected chi connectivity index (χ0v) is 12.8. The van der Waals surface area contributed by atoms with Crippen LogP contribution in [0.5, 0.6) is 0 Å². The summed E-state index contributed by atoms with van der Waals surface area (Å²) in [6.07, 6.45) is -0.615. The molecule has 0 aromatic carbocycles. The Balaban J connectivity index is 2.53. The van der Waals surface area contributed by atoms with Gasteiger partial charge in [-0.3, -0.25) is 4.90 Å². The molecule has 6 nitrogen and oxygen atoms in total. The third-order valence-electron chi connectivity index (χ3n) is 3.22. The van der Waals surface area contributed by atoms with Crippen molar-refractivity contribution < 1.29 is 22.7 Å². The maximum atomic E-state index is 12.0. The normalized spacial score (nSPS) is 22.2. The van der Waals surface area contributed by atoms with Crippen LogP contribution in [0.25, 0.3) is 0 Å². The lowest BCUT2D eigenvalue weighted by atomic mass is 10.3. The van der Waals surface area contributed by atoms with Crippen molar-refractivity contribution in [3.8, 4) is 0 Å². The first-order valence-electron chi connectivity index (χ1n) is 6.31. The molecule has 1 unspecified atom stereocenters. The summed E-state index contributed by atoms with van der Waals surface area (Å²) in [5, 5.41) is 0. The monoisotopic (exact) mass is 293 g/mol. The zero-order chi connectivity index (χ0) is 14.7. The van der Waals surface area contributed by atoms with Crippen LogP contribution in [0, 0.1) is 0 Å². The molecular weight excluding hydrogens is 270 g/mol. The van der Waals surface area contributed by atoms with E-state index in [4.69, 9.17) is 4.74 Å². The lowest BCUT2D eigenvalue weighted by Crippen LogP contribution is -2.48. The molecule has 1 aliphatic heterocycles. The summed E-state index contributed by atoms with van der Waals surface area (Å²) in [5.74, 6) is -0.326. The highest BCUT2D eigenvalue weighted by Gasteiger charge is 2.31. The highest BCUT2D eigenvalue weighted by atomic mass is 32.2.